The second-order valence-corrected chi connectivity index (χ2v) is 5.78. The van der Waals surface area contributed by atoms with Crippen LogP contribution in [0.4, 0.5) is 0 Å². The Labute approximate surface area is 87.5 Å². The van der Waals surface area contributed by atoms with Crippen molar-refractivity contribution in [2.75, 3.05) is 6.54 Å². The van der Waals surface area contributed by atoms with Crippen LogP contribution in [0.25, 0.3) is 0 Å². The summed E-state index contributed by atoms with van der Waals surface area (Å²) in [6.45, 7) is 9.84. The highest BCUT2D eigenvalue weighted by Crippen LogP contribution is 2.41. The van der Waals surface area contributed by atoms with E-state index in [-0.39, 0.29) is 11.3 Å². The molecule has 1 unspecified atom stereocenters. The fourth-order valence-electron chi connectivity index (χ4n) is 2.61. The number of hydrogen-bond donors (Lipinski definition) is 1. The van der Waals surface area contributed by atoms with E-state index in [9.17, 15) is 4.79 Å². The summed E-state index contributed by atoms with van der Waals surface area (Å²) < 4.78 is 0. The largest absolute Gasteiger partial charge is 0.356 e. The number of carbonyl (C=O) groups is 1. The van der Waals surface area contributed by atoms with Crippen LogP contribution in [0.5, 0.6) is 0 Å². The molecule has 0 saturated carbocycles. The first-order valence-corrected chi connectivity index (χ1v) is 5.64. The second-order valence-electron chi connectivity index (χ2n) is 5.78. The van der Waals surface area contributed by atoms with Gasteiger partial charge in [-0.15, -0.1) is 0 Å². The van der Waals surface area contributed by atoms with Crippen molar-refractivity contribution in [2.45, 2.75) is 53.4 Å². The van der Waals surface area contributed by atoms with Crippen LogP contribution >= 0.6 is 0 Å². The Hall–Kier alpha value is -0.530. The van der Waals surface area contributed by atoms with E-state index in [1.165, 1.54) is 6.42 Å². The molecule has 82 valence electrons. The molecule has 1 fully saturated rings. The Kier molecular flexibility index (Phi) is 3.23. The molecule has 1 atom stereocenters. The smallest absolute Gasteiger partial charge is 0.220 e. The second kappa shape index (κ2) is 3.92. The average molecular weight is 197 g/mol. The van der Waals surface area contributed by atoms with Crippen molar-refractivity contribution < 1.29 is 4.79 Å². The molecule has 2 nitrogen and oxygen atoms in total. The van der Waals surface area contributed by atoms with Crippen molar-refractivity contribution in [3.63, 3.8) is 0 Å². The van der Waals surface area contributed by atoms with Gasteiger partial charge in [0, 0.05) is 13.0 Å². The van der Waals surface area contributed by atoms with Gasteiger partial charge in [0.05, 0.1) is 0 Å². The molecule has 1 amide bonds. The number of amides is 1. The van der Waals surface area contributed by atoms with Gasteiger partial charge in [-0.3, -0.25) is 4.79 Å². The first-order valence-electron chi connectivity index (χ1n) is 5.64. The topological polar surface area (TPSA) is 29.1 Å². The quantitative estimate of drug-likeness (QED) is 0.688. The molecule has 14 heavy (non-hydrogen) atoms. The SMILES string of the molecule is CCC1(C)CCNC(=O)CC(C)(C)C1. The molecule has 1 aliphatic rings. The van der Waals surface area contributed by atoms with Crippen LogP contribution in [-0.4, -0.2) is 12.5 Å². The lowest BCUT2D eigenvalue weighted by Gasteiger charge is -2.39. The van der Waals surface area contributed by atoms with E-state index in [2.05, 4.69) is 33.0 Å². The lowest BCUT2D eigenvalue weighted by molar-refractivity contribution is -0.124. The van der Waals surface area contributed by atoms with Crippen LogP contribution < -0.4 is 5.32 Å². The predicted molar refractivity (Wildman–Crippen MR) is 59.0 cm³/mol. The lowest BCUT2D eigenvalue weighted by atomic mass is 9.68. The molecule has 1 saturated heterocycles. The van der Waals surface area contributed by atoms with E-state index >= 15 is 0 Å². The highest BCUT2D eigenvalue weighted by Gasteiger charge is 2.34. The summed E-state index contributed by atoms with van der Waals surface area (Å²) in [6.07, 6.45) is 4.14. The summed E-state index contributed by atoms with van der Waals surface area (Å²) in [5, 5.41) is 2.99. The number of carbonyl (C=O) groups excluding carboxylic acids is 1. The Morgan fingerprint density at radius 2 is 2.00 bits per heavy atom. The van der Waals surface area contributed by atoms with E-state index in [4.69, 9.17) is 0 Å². The zero-order valence-electron chi connectivity index (χ0n) is 9.94. The maximum absolute atomic E-state index is 11.4. The molecule has 0 aromatic carbocycles. The molecular formula is C12H23NO. The van der Waals surface area contributed by atoms with Crippen molar-refractivity contribution in [3.05, 3.63) is 0 Å². The Balaban J connectivity index is 2.74. The van der Waals surface area contributed by atoms with Crippen molar-refractivity contribution >= 4 is 5.91 Å². The molecule has 0 aliphatic carbocycles. The zero-order chi connectivity index (χ0) is 10.8. The molecule has 1 N–H and O–H groups in total. The van der Waals surface area contributed by atoms with Crippen molar-refractivity contribution in [2.24, 2.45) is 10.8 Å². The molecule has 0 radical (unpaired) electrons. The number of hydrogen-bond acceptors (Lipinski definition) is 1. The van der Waals surface area contributed by atoms with Gasteiger partial charge in [-0.25, -0.2) is 0 Å². The predicted octanol–water partition coefficient (Wildman–Crippen LogP) is 2.73. The molecule has 1 heterocycles. The van der Waals surface area contributed by atoms with Crippen molar-refractivity contribution in [1.29, 1.82) is 0 Å². The fourth-order valence-corrected chi connectivity index (χ4v) is 2.61. The standard InChI is InChI=1S/C12H23NO/c1-5-12(4)6-7-13-10(14)8-11(2,3)9-12/h5-9H2,1-4H3,(H,13,14). The first-order chi connectivity index (χ1) is 6.37. The minimum Gasteiger partial charge on any atom is -0.356 e. The fraction of sp³-hybridized carbons (Fsp3) is 0.917. The Bertz CT molecular complexity index is 222. The van der Waals surface area contributed by atoms with Crippen molar-refractivity contribution in [3.8, 4) is 0 Å². The zero-order valence-corrected chi connectivity index (χ0v) is 9.94. The summed E-state index contributed by atoms with van der Waals surface area (Å²) in [7, 11) is 0. The van der Waals surface area contributed by atoms with E-state index in [1.807, 2.05) is 0 Å². The molecular weight excluding hydrogens is 174 g/mol. The molecule has 2 heteroatoms. The van der Waals surface area contributed by atoms with Crippen LogP contribution in [-0.2, 0) is 4.79 Å². The van der Waals surface area contributed by atoms with Gasteiger partial charge in [0.25, 0.3) is 0 Å². The molecule has 1 rings (SSSR count). The average Bonchev–Trinajstić information content (AvgIpc) is 2.00. The molecule has 0 spiro atoms. The summed E-state index contributed by atoms with van der Waals surface area (Å²) >= 11 is 0. The summed E-state index contributed by atoms with van der Waals surface area (Å²) in [4.78, 5) is 11.4. The summed E-state index contributed by atoms with van der Waals surface area (Å²) in [5.74, 6) is 0.216. The molecule has 0 aromatic heterocycles. The minimum absolute atomic E-state index is 0.148. The lowest BCUT2D eigenvalue weighted by Crippen LogP contribution is -2.38. The van der Waals surface area contributed by atoms with Gasteiger partial charge in [0.15, 0.2) is 0 Å². The van der Waals surface area contributed by atoms with E-state index in [0.717, 1.165) is 19.4 Å². The van der Waals surface area contributed by atoms with Gasteiger partial charge in [-0.1, -0.05) is 34.1 Å². The highest BCUT2D eigenvalue weighted by molar-refractivity contribution is 5.76. The summed E-state index contributed by atoms with van der Waals surface area (Å²) in [6, 6.07) is 0. The van der Waals surface area contributed by atoms with Crippen LogP contribution in [0, 0.1) is 10.8 Å². The normalized spacial score (nSPS) is 33.0. The molecule has 0 bridgehead atoms. The van der Waals surface area contributed by atoms with Gasteiger partial charge in [-0.2, -0.15) is 0 Å². The number of rotatable bonds is 1. The number of nitrogens with one attached hydrogen (secondary N) is 1. The molecule has 0 aromatic rings. The van der Waals surface area contributed by atoms with E-state index in [1.54, 1.807) is 0 Å². The monoisotopic (exact) mass is 197 g/mol. The van der Waals surface area contributed by atoms with Gasteiger partial charge >= 0.3 is 0 Å². The Morgan fingerprint density at radius 3 is 2.57 bits per heavy atom. The van der Waals surface area contributed by atoms with Crippen LogP contribution in [0.1, 0.15) is 53.4 Å². The third-order valence-corrected chi connectivity index (χ3v) is 3.45. The third-order valence-electron chi connectivity index (χ3n) is 3.45. The maximum atomic E-state index is 11.4. The van der Waals surface area contributed by atoms with E-state index in [0.29, 0.717) is 11.8 Å². The van der Waals surface area contributed by atoms with Crippen molar-refractivity contribution in [1.82, 2.24) is 5.32 Å². The Morgan fingerprint density at radius 1 is 1.36 bits per heavy atom. The van der Waals surface area contributed by atoms with Gasteiger partial charge in [-0.05, 0) is 23.7 Å². The van der Waals surface area contributed by atoms with Crippen LogP contribution in [0.2, 0.25) is 0 Å². The van der Waals surface area contributed by atoms with Crippen LogP contribution in [0.15, 0.2) is 0 Å². The summed E-state index contributed by atoms with van der Waals surface area (Å²) in [5.41, 5.74) is 0.548. The van der Waals surface area contributed by atoms with Gasteiger partial charge < -0.3 is 5.32 Å². The van der Waals surface area contributed by atoms with Gasteiger partial charge in [0.2, 0.25) is 5.91 Å². The van der Waals surface area contributed by atoms with Crippen LogP contribution in [0.3, 0.4) is 0 Å². The molecule has 1 aliphatic heterocycles. The minimum atomic E-state index is 0.148. The van der Waals surface area contributed by atoms with E-state index < -0.39 is 0 Å². The third kappa shape index (κ3) is 3.00. The highest BCUT2D eigenvalue weighted by atomic mass is 16.1. The first kappa shape index (κ1) is 11.5. The van der Waals surface area contributed by atoms with Gasteiger partial charge in [0.1, 0.15) is 0 Å². The maximum Gasteiger partial charge on any atom is 0.220 e.